The van der Waals surface area contributed by atoms with Gasteiger partial charge in [-0.2, -0.15) is 10.4 Å². The van der Waals surface area contributed by atoms with Gasteiger partial charge in [-0.3, -0.25) is 9.48 Å². The van der Waals surface area contributed by atoms with Crippen LogP contribution in [0.25, 0.3) is 0 Å². The predicted octanol–water partition coefficient (Wildman–Crippen LogP) is 1.40. The van der Waals surface area contributed by atoms with Gasteiger partial charge >= 0.3 is 5.97 Å². The van der Waals surface area contributed by atoms with Crippen LogP contribution in [0.3, 0.4) is 0 Å². The van der Waals surface area contributed by atoms with Crippen LogP contribution < -0.4 is 0 Å². The molecule has 0 fully saturated rings. The third-order valence-electron chi connectivity index (χ3n) is 2.79. The Morgan fingerprint density at radius 2 is 2.35 bits per heavy atom. The maximum absolute atomic E-state index is 11.6. The van der Waals surface area contributed by atoms with Crippen molar-refractivity contribution in [1.82, 2.24) is 9.78 Å². The number of methoxy groups -OCH3 is 1. The van der Waals surface area contributed by atoms with E-state index in [0.29, 0.717) is 24.0 Å². The van der Waals surface area contributed by atoms with Crippen LogP contribution in [0.5, 0.6) is 0 Å². The number of aldehydes is 1. The number of nitrogens with zero attached hydrogens (tertiary/aromatic N) is 3. The van der Waals surface area contributed by atoms with Crippen molar-refractivity contribution in [3.05, 3.63) is 52.8 Å². The lowest BCUT2D eigenvalue weighted by molar-refractivity contribution is 0.0600. The molecule has 6 nitrogen and oxygen atoms in total. The third kappa shape index (κ3) is 2.57. The molecule has 0 aliphatic heterocycles. The number of ether oxygens (including phenoxy) is 1. The summed E-state index contributed by atoms with van der Waals surface area (Å²) in [6, 6.07) is 6.95. The van der Waals surface area contributed by atoms with Crippen LogP contribution in [0.1, 0.15) is 31.8 Å². The van der Waals surface area contributed by atoms with E-state index in [0.717, 1.165) is 0 Å². The molecular weight excluding hydrogens is 258 g/mol. The number of carbonyl (C=O) groups is 2. The van der Waals surface area contributed by atoms with Crippen molar-refractivity contribution >= 4 is 12.3 Å². The fraction of sp³-hybridized carbons (Fsp3) is 0.143. The van der Waals surface area contributed by atoms with E-state index in [1.165, 1.54) is 24.1 Å². The molecule has 0 radical (unpaired) electrons. The number of hydrogen-bond donors (Lipinski definition) is 0. The number of esters is 1. The number of nitriles is 1. The van der Waals surface area contributed by atoms with Crippen LogP contribution >= 0.6 is 0 Å². The zero-order valence-corrected chi connectivity index (χ0v) is 10.7. The van der Waals surface area contributed by atoms with Gasteiger partial charge in [-0.1, -0.05) is 12.1 Å². The molecule has 0 N–H and O–H groups in total. The van der Waals surface area contributed by atoms with Gasteiger partial charge in [0.05, 0.1) is 36.5 Å². The van der Waals surface area contributed by atoms with E-state index in [1.54, 1.807) is 18.3 Å². The van der Waals surface area contributed by atoms with Gasteiger partial charge in [-0.05, 0) is 11.6 Å². The molecule has 2 aromatic rings. The minimum atomic E-state index is -0.558. The third-order valence-corrected chi connectivity index (χ3v) is 2.79. The lowest BCUT2D eigenvalue weighted by Gasteiger charge is -2.08. The van der Waals surface area contributed by atoms with Crippen molar-refractivity contribution in [3.63, 3.8) is 0 Å². The molecule has 1 heterocycles. The molecule has 20 heavy (non-hydrogen) atoms. The van der Waals surface area contributed by atoms with E-state index in [4.69, 9.17) is 0 Å². The van der Waals surface area contributed by atoms with Gasteiger partial charge < -0.3 is 4.74 Å². The van der Waals surface area contributed by atoms with Crippen molar-refractivity contribution in [2.45, 2.75) is 6.54 Å². The normalized spacial score (nSPS) is 9.80. The fourth-order valence-electron chi connectivity index (χ4n) is 1.85. The van der Waals surface area contributed by atoms with E-state index in [2.05, 4.69) is 9.84 Å². The monoisotopic (exact) mass is 269 g/mol. The Hall–Kier alpha value is -2.94. The van der Waals surface area contributed by atoms with Gasteiger partial charge in [0, 0.05) is 6.20 Å². The Morgan fingerprint density at radius 1 is 1.55 bits per heavy atom. The van der Waals surface area contributed by atoms with E-state index in [9.17, 15) is 14.9 Å². The van der Waals surface area contributed by atoms with Crippen LogP contribution in [-0.2, 0) is 11.3 Å². The molecule has 2 rings (SSSR count). The number of carbonyl (C=O) groups excluding carboxylic acids is 2. The molecule has 0 saturated heterocycles. The van der Waals surface area contributed by atoms with Gasteiger partial charge in [0.15, 0.2) is 6.29 Å². The highest BCUT2D eigenvalue weighted by atomic mass is 16.5. The van der Waals surface area contributed by atoms with E-state index in [1.807, 2.05) is 6.07 Å². The minimum Gasteiger partial charge on any atom is -0.465 e. The zero-order chi connectivity index (χ0) is 14.5. The van der Waals surface area contributed by atoms with Crippen LogP contribution in [-0.4, -0.2) is 29.1 Å². The Labute approximate surface area is 115 Å². The van der Waals surface area contributed by atoms with Gasteiger partial charge in [0.2, 0.25) is 0 Å². The molecule has 0 aliphatic carbocycles. The molecule has 6 heteroatoms. The maximum atomic E-state index is 11.6. The predicted molar refractivity (Wildman–Crippen MR) is 69.2 cm³/mol. The van der Waals surface area contributed by atoms with Crippen molar-refractivity contribution in [2.24, 2.45) is 0 Å². The summed E-state index contributed by atoms with van der Waals surface area (Å²) in [7, 11) is 1.26. The van der Waals surface area contributed by atoms with Crippen LogP contribution in [0, 0.1) is 11.3 Å². The first-order valence-electron chi connectivity index (χ1n) is 5.77. The Kier molecular flexibility index (Phi) is 3.91. The summed E-state index contributed by atoms with van der Waals surface area (Å²) >= 11 is 0. The molecule has 1 aromatic carbocycles. The summed E-state index contributed by atoms with van der Waals surface area (Å²) in [5.74, 6) is -0.558. The number of benzene rings is 1. The van der Waals surface area contributed by atoms with E-state index in [-0.39, 0.29) is 11.1 Å². The van der Waals surface area contributed by atoms with Gasteiger partial charge in [-0.25, -0.2) is 4.79 Å². The molecule has 0 aliphatic rings. The highest BCUT2D eigenvalue weighted by Gasteiger charge is 2.15. The van der Waals surface area contributed by atoms with E-state index >= 15 is 0 Å². The first kappa shape index (κ1) is 13.5. The maximum Gasteiger partial charge on any atom is 0.339 e. The smallest absolute Gasteiger partial charge is 0.339 e. The van der Waals surface area contributed by atoms with Crippen LogP contribution in [0.4, 0.5) is 0 Å². The first-order chi connectivity index (χ1) is 9.69. The summed E-state index contributed by atoms with van der Waals surface area (Å²) in [5.41, 5.74) is 1.56. The fourth-order valence-corrected chi connectivity index (χ4v) is 1.85. The van der Waals surface area contributed by atoms with E-state index < -0.39 is 5.97 Å². The van der Waals surface area contributed by atoms with Gasteiger partial charge in [0.1, 0.15) is 6.07 Å². The lowest BCUT2D eigenvalue weighted by Crippen LogP contribution is -2.09. The molecule has 0 spiro atoms. The summed E-state index contributed by atoms with van der Waals surface area (Å²) < 4.78 is 6.18. The second-order valence-electron chi connectivity index (χ2n) is 4.03. The zero-order valence-electron chi connectivity index (χ0n) is 10.7. The second kappa shape index (κ2) is 5.80. The topological polar surface area (TPSA) is 85.0 Å². The van der Waals surface area contributed by atoms with Gasteiger partial charge in [0.25, 0.3) is 0 Å². The largest absolute Gasteiger partial charge is 0.465 e. The average Bonchev–Trinajstić information content (AvgIpc) is 2.93. The van der Waals surface area contributed by atoms with Crippen molar-refractivity contribution < 1.29 is 14.3 Å². The number of rotatable bonds is 4. The van der Waals surface area contributed by atoms with Crippen LogP contribution in [0.15, 0.2) is 30.6 Å². The standard InChI is InChI=1S/C14H11N3O3/c1-20-14(19)12-4-2-3-11(13(12)5-15)8-17-7-10(9-18)6-16-17/h2-4,6-7,9H,8H2,1H3. The highest BCUT2D eigenvalue weighted by molar-refractivity contribution is 5.92. The molecule has 0 saturated carbocycles. The molecular formula is C14H11N3O3. The lowest BCUT2D eigenvalue weighted by atomic mass is 10.0. The minimum absolute atomic E-state index is 0.218. The molecule has 1 aromatic heterocycles. The molecule has 0 unspecified atom stereocenters. The Balaban J connectivity index is 2.39. The quantitative estimate of drug-likeness (QED) is 0.618. The summed E-state index contributed by atoms with van der Waals surface area (Å²) in [6.07, 6.45) is 3.70. The van der Waals surface area contributed by atoms with Gasteiger partial charge in [-0.15, -0.1) is 0 Å². The number of hydrogen-bond acceptors (Lipinski definition) is 5. The summed E-state index contributed by atoms with van der Waals surface area (Å²) in [5, 5.41) is 13.2. The second-order valence-corrected chi connectivity index (χ2v) is 4.03. The highest BCUT2D eigenvalue weighted by Crippen LogP contribution is 2.16. The Morgan fingerprint density at radius 3 is 2.95 bits per heavy atom. The molecule has 0 bridgehead atoms. The average molecular weight is 269 g/mol. The molecule has 100 valence electrons. The Bertz CT molecular complexity index is 698. The van der Waals surface area contributed by atoms with Crippen molar-refractivity contribution in [2.75, 3.05) is 7.11 Å². The molecule has 0 atom stereocenters. The SMILES string of the molecule is COC(=O)c1cccc(Cn2cc(C=O)cn2)c1C#N. The van der Waals surface area contributed by atoms with Crippen molar-refractivity contribution in [1.29, 1.82) is 5.26 Å². The molecule has 0 amide bonds. The summed E-state index contributed by atoms with van der Waals surface area (Å²) in [6.45, 7) is 0.293. The van der Waals surface area contributed by atoms with Crippen molar-refractivity contribution in [3.8, 4) is 6.07 Å². The summed E-state index contributed by atoms with van der Waals surface area (Å²) in [4.78, 5) is 22.2. The van der Waals surface area contributed by atoms with Crippen LogP contribution in [0.2, 0.25) is 0 Å². The first-order valence-corrected chi connectivity index (χ1v) is 5.77. The number of aromatic nitrogens is 2.